The molecule has 1 amide bonds. The van der Waals surface area contributed by atoms with Crippen molar-refractivity contribution in [3.63, 3.8) is 0 Å². The van der Waals surface area contributed by atoms with Gasteiger partial charge in [-0.3, -0.25) is 9.69 Å². The molecule has 0 unspecified atom stereocenters. The Hall–Kier alpha value is -1.63. The Bertz CT molecular complexity index is 773. The Kier molecular flexibility index (Phi) is 6.16. The molecular weight excluding hydrogens is 396 g/mol. The fraction of sp³-hybridized carbons (Fsp3) is 0.450. The van der Waals surface area contributed by atoms with E-state index in [1.807, 2.05) is 36.4 Å². The number of ether oxygens (including phenoxy) is 2. The molecular formula is C20H25BrN2O3. The SMILES string of the molecule is CC(C)(CNC(=O)COc1ccc2ccccc2c1Br)N1CCOCC1. The zero-order valence-corrected chi connectivity index (χ0v) is 16.8. The number of fused-ring (bicyclic) bond motifs is 1. The van der Waals surface area contributed by atoms with Gasteiger partial charge in [0, 0.05) is 25.2 Å². The number of nitrogens with zero attached hydrogens (tertiary/aromatic N) is 1. The molecule has 0 radical (unpaired) electrons. The Balaban J connectivity index is 1.53. The van der Waals surface area contributed by atoms with Crippen LogP contribution in [0, 0.1) is 0 Å². The Morgan fingerprint density at radius 3 is 2.73 bits per heavy atom. The van der Waals surface area contributed by atoms with Gasteiger partial charge in [0.1, 0.15) is 5.75 Å². The highest BCUT2D eigenvalue weighted by Crippen LogP contribution is 2.32. The second-order valence-electron chi connectivity index (χ2n) is 7.08. The minimum atomic E-state index is -0.119. The van der Waals surface area contributed by atoms with E-state index >= 15 is 0 Å². The molecule has 0 bridgehead atoms. The maximum atomic E-state index is 12.2. The molecule has 0 aliphatic carbocycles. The summed E-state index contributed by atoms with van der Waals surface area (Å²) >= 11 is 3.58. The van der Waals surface area contributed by atoms with Crippen LogP contribution >= 0.6 is 15.9 Å². The van der Waals surface area contributed by atoms with Gasteiger partial charge < -0.3 is 14.8 Å². The fourth-order valence-corrected chi connectivity index (χ4v) is 3.72. The normalized spacial score (nSPS) is 15.8. The first-order valence-corrected chi connectivity index (χ1v) is 9.66. The highest BCUT2D eigenvalue weighted by atomic mass is 79.9. The molecule has 2 aromatic carbocycles. The van der Waals surface area contributed by atoms with E-state index in [-0.39, 0.29) is 18.1 Å². The van der Waals surface area contributed by atoms with Crippen molar-refractivity contribution in [3.8, 4) is 5.75 Å². The highest BCUT2D eigenvalue weighted by molar-refractivity contribution is 9.10. The summed E-state index contributed by atoms with van der Waals surface area (Å²) in [6.45, 7) is 8.13. The molecule has 2 aromatic rings. The first-order chi connectivity index (χ1) is 12.5. The van der Waals surface area contributed by atoms with Crippen LogP contribution in [0.25, 0.3) is 10.8 Å². The van der Waals surface area contributed by atoms with E-state index in [9.17, 15) is 4.79 Å². The van der Waals surface area contributed by atoms with Gasteiger partial charge >= 0.3 is 0 Å². The lowest BCUT2D eigenvalue weighted by molar-refractivity contribution is -0.123. The van der Waals surface area contributed by atoms with Crippen molar-refractivity contribution in [2.24, 2.45) is 0 Å². The molecule has 1 saturated heterocycles. The third-order valence-corrected chi connectivity index (χ3v) is 5.59. The Morgan fingerprint density at radius 2 is 1.96 bits per heavy atom. The Morgan fingerprint density at radius 1 is 1.23 bits per heavy atom. The van der Waals surface area contributed by atoms with E-state index in [2.05, 4.69) is 40.0 Å². The summed E-state index contributed by atoms with van der Waals surface area (Å²) in [7, 11) is 0. The van der Waals surface area contributed by atoms with E-state index in [0.717, 1.165) is 41.5 Å². The quantitative estimate of drug-likeness (QED) is 0.779. The van der Waals surface area contributed by atoms with Crippen molar-refractivity contribution in [1.29, 1.82) is 0 Å². The van der Waals surface area contributed by atoms with Gasteiger partial charge in [-0.2, -0.15) is 0 Å². The second kappa shape index (κ2) is 8.37. The number of benzene rings is 2. The maximum absolute atomic E-state index is 12.2. The number of rotatable bonds is 6. The number of hydrogen-bond acceptors (Lipinski definition) is 4. The summed E-state index contributed by atoms with van der Waals surface area (Å²) in [5.74, 6) is 0.553. The smallest absolute Gasteiger partial charge is 0.258 e. The van der Waals surface area contributed by atoms with Crippen molar-refractivity contribution in [1.82, 2.24) is 10.2 Å². The topological polar surface area (TPSA) is 50.8 Å². The third kappa shape index (κ3) is 4.55. The van der Waals surface area contributed by atoms with Crippen molar-refractivity contribution in [2.75, 3.05) is 39.5 Å². The lowest BCUT2D eigenvalue weighted by Gasteiger charge is -2.40. The maximum Gasteiger partial charge on any atom is 0.258 e. The molecule has 3 rings (SSSR count). The summed E-state index contributed by atoms with van der Waals surface area (Å²) in [4.78, 5) is 14.6. The zero-order chi connectivity index (χ0) is 18.6. The van der Waals surface area contributed by atoms with Gasteiger partial charge in [0.05, 0.1) is 17.7 Å². The van der Waals surface area contributed by atoms with E-state index in [0.29, 0.717) is 12.3 Å². The van der Waals surface area contributed by atoms with Crippen molar-refractivity contribution in [3.05, 3.63) is 40.9 Å². The van der Waals surface area contributed by atoms with Gasteiger partial charge in [0.15, 0.2) is 6.61 Å². The van der Waals surface area contributed by atoms with Gasteiger partial charge in [-0.25, -0.2) is 0 Å². The number of hydrogen-bond donors (Lipinski definition) is 1. The van der Waals surface area contributed by atoms with Crippen LogP contribution < -0.4 is 10.1 Å². The summed E-state index contributed by atoms with van der Waals surface area (Å²) in [5.41, 5.74) is -0.108. The first-order valence-electron chi connectivity index (χ1n) is 8.87. The Labute approximate surface area is 162 Å². The number of carbonyl (C=O) groups is 1. The molecule has 1 fully saturated rings. The lowest BCUT2D eigenvalue weighted by Crippen LogP contribution is -2.55. The minimum Gasteiger partial charge on any atom is -0.483 e. The van der Waals surface area contributed by atoms with Crippen LogP contribution in [-0.2, 0) is 9.53 Å². The summed E-state index contributed by atoms with van der Waals surface area (Å²) in [6, 6.07) is 11.9. The van der Waals surface area contributed by atoms with E-state index < -0.39 is 0 Å². The molecule has 1 heterocycles. The van der Waals surface area contributed by atoms with Gasteiger partial charge in [0.25, 0.3) is 5.91 Å². The van der Waals surface area contributed by atoms with Crippen LogP contribution in [0.4, 0.5) is 0 Å². The first kappa shape index (κ1) is 19.1. The fourth-order valence-electron chi connectivity index (χ4n) is 3.11. The van der Waals surface area contributed by atoms with Crippen LogP contribution in [0.2, 0.25) is 0 Å². The van der Waals surface area contributed by atoms with Crippen LogP contribution in [0.15, 0.2) is 40.9 Å². The van der Waals surface area contributed by atoms with Gasteiger partial charge in [-0.15, -0.1) is 0 Å². The number of halogens is 1. The molecule has 0 spiro atoms. The van der Waals surface area contributed by atoms with Crippen LogP contribution in [-0.4, -0.2) is 55.8 Å². The molecule has 5 nitrogen and oxygen atoms in total. The highest BCUT2D eigenvalue weighted by Gasteiger charge is 2.28. The minimum absolute atomic E-state index is 0.00384. The average Bonchev–Trinajstić information content (AvgIpc) is 2.67. The molecule has 1 aliphatic rings. The number of amides is 1. The predicted octanol–water partition coefficient (Wildman–Crippen LogP) is 3.21. The monoisotopic (exact) mass is 420 g/mol. The van der Waals surface area contributed by atoms with Crippen molar-refractivity contribution < 1.29 is 14.3 Å². The van der Waals surface area contributed by atoms with Gasteiger partial charge in [0.2, 0.25) is 0 Å². The predicted molar refractivity (Wildman–Crippen MR) is 107 cm³/mol. The van der Waals surface area contributed by atoms with Crippen LogP contribution in [0.5, 0.6) is 5.75 Å². The summed E-state index contributed by atoms with van der Waals surface area (Å²) in [5, 5.41) is 5.18. The summed E-state index contributed by atoms with van der Waals surface area (Å²) in [6.07, 6.45) is 0. The van der Waals surface area contributed by atoms with Crippen LogP contribution in [0.3, 0.4) is 0 Å². The van der Waals surface area contributed by atoms with Crippen molar-refractivity contribution in [2.45, 2.75) is 19.4 Å². The average molecular weight is 421 g/mol. The van der Waals surface area contributed by atoms with Gasteiger partial charge in [-0.05, 0) is 46.6 Å². The molecule has 0 aromatic heterocycles. The molecule has 0 saturated carbocycles. The number of nitrogens with one attached hydrogen (secondary N) is 1. The molecule has 1 aliphatic heterocycles. The zero-order valence-electron chi connectivity index (χ0n) is 15.3. The molecule has 6 heteroatoms. The second-order valence-corrected chi connectivity index (χ2v) is 7.87. The van der Waals surface area contributed by atoms with E-state index in [1.165, 1.54) is 0 Å². The third-order valence-electron chi connectivity index (χ3n) is 4.77. The summed E-state index contributed by atoms with van der Waals surface area (Å²) < 4.78 is 12.0. The number of carbonyl (C=O) groups excluding carboxylic acids is 1. The molecule has 0 atom stereocenters. The number of morpholine rings is 1. The molecule has 140 valence electrons. The van der Waals surface area contributed by atoms with Crippen molar-refractivity contribution >= 4 is 32.6 Å². The molecule has 26 heavy (non-hydrogen) atoms. The largest absolute Gasteiger partial charge is 0.483 e. The molecule has 1 N–H and O–H groups in total. The van der Waals surface area contributed by atoms with E-state index in [1.54, 1.807) is 0 Å². The van der Waals surface area contributed by atoms with Gasteiger partial charge in [-0.1, -0.05) is 30.3 Å². The van der Waals surface area contributed by atoms with Crippen LogP contribution in [0.1, 0.15) is 13.8 Å². The standard InChI is InChI=1S/C20H25BrN2O3/c1-20(2,23-9-11-25-12-10-23)14-22-18(24)13-26-17-8-7-15-5-3-4-6-16(15)19(17)21/h3-8H,9-14H2,1-2H3,(H,22,24). The van der Waals surface area contributed by atoms with E-state index in [4.69, 9.17) is 9.47 Å². The lowest BCUT2D eigenvalue weighted by atomic mass is 10.0.